The number of hydrogen-bond acceptors (Lipinski definition) is 3. The summed E-state index contributed by atoms with van der Waals surface area (Å²) in [4.78, 5) is 5.92. The van der Waals surface area contributed by atoms with Crippen molar-refractivity contribution in [1.82, 2.24) is 15.5 Å². The predicted octanol–water partition coefficient (Wildman–Crippen LogP) is 1.99. The maximum Gasteiger partial charge on any atom is 0.401 e. The molecule has 24 heavy (non-hydrogen) atoms. The van der Waals surface area contributed by atoms with E-state index in [-0.39, 0.29) is 6.04 Å². The highest BCUT2D eigenvalue weighted by Crippen LogP contribution is 2.28. The normalized spacial score (nSPS) is 22.8. The van der Waals surface area contributed by atoms with Gasteiger partial charge in [0.2, 0.25) is 0 Å². The van der Waals surface area contributed by atoms with Gasteiger partial charge in [-0.25, -0.2) is 0 Å². The Morgan fingerprint density at radius 2 is 2.08 bits per heavy atom. The van der Waals surface area contributed by atoms with Gasteiger partial charge in [-0.05, 0) is 38.5 Å². The number of likely N-dealkylation sites (tertiary alicyclic amines) is 1. The van der Waals surface area contributed by atoms with Gasteiger partial charge in [-0.3, -0.25) is 9.89 Å². The first-order chi connectivity index (χ1) is 11.5. The third-order valence-electron chi connectivity index (χ3n) is 4.13. The Balaban J connectivity index is 1.64. The molecule has 0 amide bonds. The Morgan fingerprint density at radius 1 is 1.29 bits per heavy atom. The van der Waals surface area contributed by atoms with Gasteiger partial charge < -0.3 is 15.4 Å². The first-order valence-corrected chi connectivity index (χ1v) is 8.88. The molecule has 1 heterocycles. The van der Waals surface area contributed by atoms with Crippen LogP contribution in [0.2, 0.25) is 0 Å². The van der Waals surface area contributed by atoms with E-state index in [2.05, 4.69) is 15.6 Å². The number of alkyl halides is 3. The van der Waals surface area contributed by atoms with Crippen molar-refractivity contribution < 1.29 is 17.9 Å². The molecule has 0 bridgehead atoms. The maximum absolute atomic E-state index is 12.4. The fourth-order valence-electron chi connectivity index (χ4n) is 2.75. The number of hydrogen-bond donors (Lipinski definition) is 2. The Labute approximate surface area is 142 Å². The highest BCUT2D eigenvalue weighted by molar-refractivity contribution is 5.80. The molecule has 0 aromatic rings. The Morgan fingerprint density at radius 3 is 2.75 bits per heavy atom. The minimum absolute atomic E-state index is 0.0104. The van der Waals surface area contributed by atoms with Crippen LogP contribution in [-0.4, -0.2) is 69.0 Å². The number of guanidine groups is 1. The summed E-state index contributed by atoms with van der Waals surface area (Å²) in [5, 5.41) is 6.39. The van der Waals surface area contributed by atoms with Gasteiger partial charge in [-0.2, -0.15) is 13.2 Å². The van der Waals surface area contributed by atoms with Crippen molar-refractivity contribution in [2.24, 2.45) is 10.9 Å². The van der Waals surface area contributed by atoms with Gasteiger partial charge in [0.05, 0.1) is 6.54 Å². The molecule has 1 aliphatic carbocycles. The number of nitrogens with one attached hydrogen (secondary N) is 2. The van der Waals surface area contributed by atoms with Gasteiger partial charge >= 0.3 is 6.18 Å². The molecule has 0 aromatic heterocycles. The van der Waals surface area contributed by atoms with Gasteiger partial charge in [-0.15, -0.1) is 0 Å². The summed E-state index contributed by atoms with van der Waals surface area (Å²) in [7, 11) is 0. The van der Waals surface area contributed by atoms with E-state index in [1.807, 2.05) is 6.92 Å². The van der Waals surface area contributed by atoms with Crippen LogP contribution in [0.15, 0.2) is 4.99 Å². The summed E-state index contributed by atoms with van der Waals surface area (Å²) in [6.07, 6.45) is 0.00582. The van der Waals surface area contributed by atoms with E-state index in [1.54, 1.807) is 0 Å². The molecule has 1 unspecified atom stereocenters. The number of nitrogens with zero attached hydrogens (tertiary/aromatic N) is 2. The fourth-order valence-corrected chi connectivity index (χ4v) is 2.75. The molecule has 5 nitrogen and oxygen atoms in total. The summed E-state index contributed by atoms with van der Waals surface area (Å²) < 4.78 is 42.9. The smallest absolute Gasteiger partial charge is 0.381 e. The number of rotatable bonds is 9. The molecular formula is C16H29F3N4O. The molecular weight excluding hydrogens is 321 g/mol. The summed E-state index contributed by atoms with van der Waals surface area (Å²) in [6, 6.07) is 0.0104. The zero-order valence-electron chi connectivity index (χ0n) is 14.4. The van der Waals surface area contributed by atoms with Crippen LogP contribution in [0, 0.1) is 5.92 Å². The van der Waals surface area contributed by atoms with E-state index < -0.39 is 12.7 Å². The van der Waals surface area contributed by atoms with Crippen LogP contribution in [0.1, 0.15) is 32.6 Å². The first-order valence-electron chi connectivity index (χ1n) is 8.88. The maximum atomic E-state index is 12.4. The predicted molar refractivity (Wildman–Crippen MR) is 88.2 cm³/mol. The number of ether oxygens (including phenoxy) is 1. The molecule has 2 rings (SSSR count). The second kappa shape index (κ2) is 9.46. The van der Waals surface area contributed by atoms with Gasteiger partial charge in [-0.1, -0.05) is 0 Å². The van der Waals surface area contributed by atoms with E-state index >= 15 is 0 Å². The van der Waals surface area contributed by atoms with E-state index in [0.717, 1.165) is 25.5 Å². The summed E-state index contributed by atoms with van der Waals surface area (Å²) >= 11 is 0. The van der Waals surface area contributed by atoms with Crippen molar-refractivity contribution in [3.05, 3.63) is 0 Å². The highest BCUT2D eigenvalue weighted by atomic mass is 19.4. The lowest BCUT2D eigenvalue weighted by molar-refractivity contribution is -0.143. The molecule has 2 aliphatic rings. The molecule has 0 aromatic carbocycles. The van der Waals surface area contributed by atoms with Crippen molar-refractivity contribution in [3.63, 3.8) is 0 Å². The lowest BCUT2D eigenvalue weighted by atomic mass is 10.3. The third kappa shape index (κ3) is 8.19. The third-order valence-corrected chi connectivity index (χ3v) is 4.13. The minimum atomic E-state index is -4.13. The zero-order chi connectivity index (χ0) is 17.4. The molecule has 1 saturated carbocycles. The summed E-state index contributed by atoms with van der Waals surface area (Å²) in [5.74, 6) is 1.45. The first kappa shape index (κ1) is 19.3. The fraction of sp³-hybridized carbons (Fsp3) is 0.938. The van der Waals surface area contributed by atoms with Crippen LogP contribution < -0.4 is 10.6 Å². The number of halogens is 3. The minimum Gasteiger partial charge on any atom is -0.381 e. The molecule has 2 fully saturated rings. The standard InChI is InChI=1S/C16H29F3N4O/c1-2-20-15(21-7-3-9-24-11-13-4-5-13)22-14-6-8-23(10-14)12-16(17,18)19/h13-14H,2-12H2,1H3,(H2,20,21,22). The van der Waals surface area contributed by atoms with E-state index in [4.69, 9.17) is 4.74 Å². The van der Waals surface area contributed by atoms with Crippen molar-refractivity contribution in [1.29, 1.82) is 0 Å². The second-order valence-electron chi connectivity index (χ2n) is 6.61. The van der Waals surface area contributed by atoms with Crippen LogP contribution in [0.3, 0.4) is 0 Å². The Kier molecular flexibility index (Phi) is 7.61. The lowest BCUT2D eigenvalue weighted by Gasteiger charge is -2.19. The van der Waals surface area contributed by atoms with Crippen LogP contribution in [0.25, 0.3) is 0 Å². The highest BCUT2D eigenvalue weighted by Gasteiger charge is 2.34. The molecule has 1 saturated heterocycles. The van der Waals surface area contributed by atoms with Crippen molar-refractivity contribution >= 4 is 5.96 Å². The van der Waals surface area contributed by atoms with Crippen LogP contribution >= 0.6 is 0 Å². The van der Waals surface area contributed by atoms with Gasteiger partial charge in [0, 0.05) is 45.4 Å². The molecule has 140 valence electrons. The van der Waals surface area contributed by atoms with Crippen LogP contribution in [0.4, 0.5) is 13.2 Å². The molecule has 1 aliphatic heterocycles. The second-order valence-corrected chi connectivity index (χ2v) is 6.61. The topological polar surface area (TPSA) is 48.9 Å². The SMILES string of the molecule is CCNC(=NCCCOCC1CC1)NC1CCN(CC(F)(F)F)C1. The van der Waals surface area contributed by atoms with Crippen molar-refractivity contribution in [2.75, 3.05) is 45.9 Å². The largest absolute Gasteiger partial charge is 0.401 e. The van der Waals surface area contributed by atoms with Crippen LogP contribution in [-0.2, 0) is 4.74 Å². The molecule has 8 heteroatoms. The molecule has 2 N–H and O–H groups in total. The lowest BCUT2D eigenvalue weighted by Crippen LogP contribution is -2.45. The Bertz CT molecular complexity index is 399. The molecule has 1 atom stereocenters. The van der Waals surface area contributed by atoms with Crippen molar-refractivity contribution in [2.45, 2.75) is 44.8 Å². The molecule has 0 radical (unpaired) electrons. The summed E-state index contributed by atoms with van der Waals surface area (Å²) in [5.41, 5.74) is 0. The number of aliphatic imine (C=N–C) groups is 1. The zero-order valence-corrected chi connectivity index (χ0v) is 14.4. The Hall–Kier alpha value is -1.02. The average molecular weight is 350 g/mol. The van der Waals surface area contributed by atoms with Gasteiger partial charge in [0.25, 0.3) is 0 Å². The summed E-state index contributed by atoms with van der Waals surface area (Å²) in [6.45, 7) is 4.95. The van der Waals surface area contributed by atoms with Crippen molar-refractivity contribution in [3.8, 4) is 0 Å². The van der Waals surface area contributed by atoms with E-state index in [1.165, 1.54) is 17.7 Å². The average Bonchev–Trinajstić information content (AvgIpc) is 3.22. The van der Waals surface area contributed by atoms with E-state index in [0.29, 0.717) is 38.6 Å². The van der Waals surface area contributed by atoms with Gasteiger partial charge in [0.15, 0.2) is 5.96 Å². The monoisotopic (exact) mass is 350 g/mol. The van der Waals surface area contributed by atoms with Crippen LogP contribution in [0.5, 0.6) is 0 Å². The van der Waals surface area contributed by atoms with Gasteiger partial charge in [0.1, 0.15) is 0 Å². The quantitative estimate of drug-likeness (QED) is 0.379. The molecule has 0 spiro atoms. The van der Waals surface area contributed by atoms with E-state index in [9.17, 15) is 13.2 Å².